The fourth-order valence-corrected chi connectivity index (χ4v) is 9.86. The predicted octanol–water partition coefficient (Wildman–Crippen LogP) is 7.74. The van der Waals surface area contributed by atoms with Crippen LogP contribution < -0.4 is 9.13 Å². The van der Waals surface area contributed by atoms with Gasteiger partial charge in [-0.2, -0.15) is 9.13 Å². The lowest BCUT2D eigenvalue weighted by atomic mass is 9.83. The van der Waals surface area contributed by atoms with E-state index in [1.165, 1.54) is 52.4 Å². The molecule has 0 saturated heterocycles. The van der Waals surface area contributed by atoms with E-state index in [-0.39, 0.29) is 18.1 Å². The van der Waals surface area contributed by atoms with Gasteiger partial charge in [-0.1, -0.05) is 36.4 Å². The molecule has 8 rings (SSSR count). The van der Waals surface area contributed by atoms with Crippen LogP contribution in [0.25, 0.3) is 41.3 Å². The minimum Gasteiger partial charge on any atom is -0.382 e. The highest BCUT2D eigenvalue weighted by Crippen LogP contribution is 2.53. The lowest BCUT2D eigenvalue weighted by molar-refractivity contribution is -0.808. The number of nitrogens with zero attached hydrogens (tertiary/aromatic N) is 2. The van der Waals surface area contributed by atoms with Crippen molar-refractivity contribution in [1.82, 2.24) is 0 Å². The van der Waals surface area contributed by atoms with Crippen LogP contribution in [-0.2, 0) is 28.2 Å². The summed E-state index contributed by atoms with van der Waals surface area (Å²) in [7, 11) is 1.79. The molecule has 4 aromatic heterocycles. The third-order valence-corrected chi connectivity index (χ3v) is 11.6. The first kappa shape index (κ1) is 26.2. The first-order chi connectivity index (χ1) is 20.6. The molecule has 42 heavy (non-hydrogen) atoms. The standard InChI is InChI=1S/C36H34N2O2S2/c1-23(39-3)20-24(2)40-36(33-27-13-5-7-17-32(27)42-35(33)30-15-9-11-19-38(30)36)25-21-28-26-12-4-6-16-31(26)41-34(28)29-14-8-10-18-37(29)22-25/h4-19,23-25H,20-22H2,1-3H3/q+2. The average Bonchev–Trinajstić information content (AvgIpc) is 3.62. The maximum Gasteiger partial charge on any atom is 0.311 e. The van der Waals surface area contributed by atoms with Gasteiger partial charge in [0.05, 0.1) is 17.8 Å². The molecule has 6 heteroatoms. The van der Waals surface area contributed by atoms with Gasteiger partial charge < -0.3 is 9.47 Å². The number of methoxy groups -OCH3 is 1. The molecule has 0 radical (unpaired) electrons. The van der Waals surface area contributed by atoms with Gasteiger partial charge in [0.25, 0.3) is 0 Å². The van der Waals surface area contributed by atoms with Crippen molar-refractivity contribution in [2.45, 2.75) is 51.2 Å². The van der Waals surface area contributed by atoms with Crippen molar-refractivity contribution in [1.29, 1.82) is 0 Å². The van der Waals surface area contributed by atoms with E-state index in [1.807, 2.05) is 22.7 Å². The van der Waals surface area contributed by atoms with Crippen LogP contribution in [0.5, 0.6) is 0 Å². The van der Waals surface area contributed by atoms with Crippen molar-refractivity contribution >= 4 is 42.8 Å². The summed E-state index contributed by atoms with van der Waals surface area (Å²) in [5.41, 5.74) is 4.59. The Kier molecular flexibility index (Phi) is 6.30. The molecule has 2 aromatic carbocycles. The normalized spacial score (nSPS) is 20.5. The number of hydrogen-bond acceptors (Lipinski definition) is 4. The molecule has 0 fully saturated rings. The lowest BCUT2D eigenvalue weighted by Crippen LogP contribution is -2.64. The first-order valence-corrected chi connectivity index (χ1v) is 16.4. The smallest absolute Gasteiger partial charge is 0.311 e. The molecule has 6 aromatic rings. The van der Waals surface area contributed by atoms with E-state index in [4.69, 9.17) is 9.47 Å². The van der Waals surface area contributed by atoms with Gasteiger partial charge in [0.1, 0.15) is 15.7 Å². The van der Waals surface area contributed by atoms with Crippen LogP contribution in [0, 0.1) is 5.92 Å². The molecular weight excluding hydrogens is 557 g/mol. The molecule has 0 spiro atoms. The van der Waals surface area contributed by atoms with Gasteiger partial charge in [0, 0.05) is 46.2 Å². The second kappa shape index (κ2) is 10.1. The third-order valence-electron chi connectivity index (χ3n) is 9.14. The Morgan fingerprint density at radius 2 is 1.45 bits per heavy atom. The zero-order valence-electron chi connectivity index (χ0n) is 24.1. The van der Waals surface area contributed by atoms with E-state index in [2.05, 4.69) is 120 Å². The minimum absolute atomic E-state index is 0.0210. The summed E-state index contributed by atoms with van der Waals surface area (Å²) in [5.74, 6) is 0.133. The Morgan fingerprint density at radius 1 is 0.786 bits per heavy atom. The highest BCUT2D eigenvalue weighted by Gasteiger charge is 2.62. The molecule has 0 aliphatic carbocycles. The van der Waals surface area contributed by atoms with Crippen LogP contribution >= 0.6 is 22.7 Å². The van der Waals surface area contributed by atoms with Gasteiger partial charge in [-0.15, -0.1) is 22.7 Å². The van der Waals surface area contributed by atoms with E-state index in [0.29, 0.717) is 0 Å². The Hall–Kier alpha value is -3.42. The molecule has 0 saturated carbocycles. The molecule has 2 aliphatic heterocycles. The summed E-state index contributed by atoms with van der Waals surface area (Å²) in [6.07, 6.45) is 6.32. The summed E-state index contributed by atoms with van der Waals surface area (Å²) in [4.78, 5) is 2.70. The molecule has 0 bridgehead atoms. The maximum atomic E-state index is 7.58. The highest BCUT2D eigenvalue weighted by atomic mass is 32.1. The van der Waals surface area contributed by atoms with Gasteiger partial charge in [-0.25, -0.2) is 0 Å². The second-order valence-electron chi connectivity index (χ2n) is 11.7. The highest BCUT2D eigenvalue weighted by molar-refractivity contribution is 7.22. The van der Waals surface area contributed by atoms with Crippen LogP contribution in [-0.4, -0.2) is 19.3 Å². The molecule has 2 aliphatic rings. The van der Waals surface area contributed by atoms with Gasteiger partial charge >= 0.3 is 5.72 Å². The second-order valence-corrected chi connectivity index (χ2v) is 13.8. The van der Waals surface area contributed by atoms with E-state index < -0.39 is 5.72 Å². The molecule has 4 unspecified atom stereocenters. The van der Waals surface area contributed by atoms with E-state index in [0.717, 1.165) is 19.4 Å². The number of rotatable bonds is 6. The van der Waals surface area contributed by atoms with Gasteiger partial charge in [0.15, 0.2) is 18.9 Å². The number of aromatic nitrogens is 2. The van der Waals surface area contributed by atoms with Crippen molar-refractivity contribution in [2.75, 3.05) is 7.11 Å². The summed E-state index contributed by atoms with van der Waals surface area (Å²) in [5, 5.41) is 2.66. The number of benzene rings is 2. The van der Waals surface area contributed by atoms with Crippen molar-refractivity contribution in [3.8, 4) is 21.1 Å². The summed E-state index contributed by atoms with van der Waals surface area (Å²) >= 11 is 3.81. The number of hydrogen-bond donors (Lipinski definition) is 0. The number of thiophene rings is 2. The average molecular weight is 591 g/mol. The monoisotopic (exact) mass is 590 g/mol. The lowest BCUT2D eigenvalue weighted by Gasteiger charge is -2.34. The number of fused-ring (bicyclic) bond motifs is 10. The topological polar surface area (TPSA) is 26.2 Å². The molecule has 6 heterocycles. The van der Waals surface area contributed by atoms with E-state index in [1.54, 1.807) is 7.11 Å². The zero-order chi connectivity index (χ0) is 28.4. The largest absolute Gasteiger partial charge is 0.382 e. The van der Waals surface area contributed by atoms with Crippen LogP contribution in [0.1, 0.15) is 31.4 Å². The maximum absolute atomic E-state index is 7.58. The Morgan fingerprint density at radius 3 is 2.26 bits per heavy atom. The quantitative estimate of drug-likeness (QED) is 0.186. The summed E-state index contributed by atoms with van der Waals surface area (Å²) < 4.78 is 20.9. The first-order valence-electron chi connectivity index (χ1n) is 14.8. The molecular formula is C36H34N2O2S2+2. The minimum atomic E-state index is -0.691. The van der Waals surface area contributed by atoms with Crippen LogP contribution in [0.3, 0.4) is 0 Å². The molecule has 0 amide bonds. The summed E-state index contributed by atoms with van der Waals surface area (Å²) in [6, 6.07) is 31.0. The van der Waals surface area contributed by atoms with Crippen molar-refractivity contribution < 1.29 is 18.6 Å². The fourth-order valence-electron chi connectivity index (χ4n) is 7.31. The van der Waals surface area contributed by atoms with Gasteiger partial charge in [-0.05, 0) is 61.9 Å². The molecule has 0 N–H and O–H groups in total. The van der Waals surface area contributed by atoms with Gasteiger partial charge in [0.2, 0.25) is 11.4 Å². The Labute approximate surface area is 254 Å². The Balaban J connectivity index is 1.42. The molecule has 4 nitrogen and oxygen atoms in total. The predicted molar refractivity (Wildman–Crippen MR) is 171 cm³/mol. The fraction of sp³-hybridized carbons (Fsp3) is 0.278. The van der Waals surface area contributed by atoms with Crippen LogP contribution in [0.4, 0.5) is 0 Å². The zero-order valence-corrected chi connectivity index (χ0v) is 25.8. The third kappa shape index (κ3) is 3.86. The summed E-state index contributed by atoms with van der Waals surface area (Å²) in [6.45, 7) is 5.20. The van der Waals surface area contributed by atoms with Gasteiger partial charge in [-0.3, -0.25) is 0 Å². The molecule has 210 valence electrons. The van der Waals surface area contributed by atoms with E-state index in [9.17, 15) is 0 Å². The van der Waals surface area contributed by atoms with Crippen molar-refractivity contribution in [2.24, 2.45) is 5.92 Å². The Bertz CT molecular complexity index is 1960. The molecule has 4 atom stereocenters. The van der Waals surface area contributed by atoms with Crippen molar-refractivity contribution in [3.05, 3.63) is 108 Å². The van der Waals surface area contributed by atoms with E-state index >= 15 is 0 Å². The van der Waals surface area contributed by atoms with Crippen LogP contribution in [0.15, 0.2) is 97.3 Å². The van der Waals surface area contributed by atoms with Crippen molar-refractivity contribution in [3.63, 3.8) is 0 Å². The number of ether oxygens (including phenoxy) is 2. The van der Waals surface area contributed by atoms with Crippen LogP contribution in [0.2, 0.25) is 0 Å². The number of pyridine rings is 2. The SMILES string of the molecule is COC(C)CC(C)OC1(C2Cc3c(sc4ccccc34)-c3cccc[n+]3C2)c2c(sc3ccccc23)-c2cccc[n+]21.